The van der Waals surface area contributed by atoms with E-state index in [2.05, 4.69) is 45.9 Å². The number of Topliss-reactive ketones (excluding diaryl/α,β-unsaturated/α-hetero) is 1. The third-order valence-electron chi connectivity index (χ3n) is 6.66. The molecule has 0 N–H and O–H groups in total. The molecule has 0 spiro atoms. The highest BCUT2D eigenvalue weighted by atomic mass is 35.5. The molecule has 0 atom stereocenters. The van der Waals surface area contributed by atoms with Gasteiger partial charge in [-0.2, -0.15) is 5.10 Å². The Morgan fingerprint density at radius 2 is 1.90 bits per heavy atom. The molecule has 0 bridgehead atoms. The van der Waals surface area contributed by atoms with Crippen LogP contribution in [0.4, 0.5) is 0 Å². The normalized spacial score (nSPS) is 13.3. The van der Waals surface area contributed by atoms with Gasteiger partial charge in [0, 0.05) is 28.3 Å². The SMILES string of the molecule is CC\C=c1/c(=C(\C=C(/C)CCC)c2ncc(OCC)cc2Cl)cnn1Cc1ccc(C(=O)C(C)C)c(CC)c1. The van der Waals surface area contributed by atoms with Crippen LogP contribution in [0.25, 0.3) is 11.6 Å². The zero-order valence-electron chi connectivity index (χ0n) is 24.5. The molecule has 0 aliphatic rings. The van der Waals surface area contributed by atoms with Crippen LogP contribution in [0.5, 0.6) is 5.75 Å². The number of ketones is 1. The van der Waals surface area contributed by atoms with Crippen molar-refractivity contribution in [3.05, 3.63) is 86.3 Å². The standard InChI is InChI=1S/C33H42ClN3O2/c1-8-12-23(7)16-28(32-30(34)18-26(19-35-32)39-11-4)29-20-36-37(31(29)13-9-2)21-24-14-15-27(25(10-3)17-24)33(38)22(5)6/h13-20,22H,8-12,21H2,1-7H3/b23-16+,29-28+,31-13+. The first-order valence-electron chi connectivity index (χ1n) is 14.1. The molecular formula is C33H42ClN3O2. The van der Waals surface area contributed by atoms with E-state index < -0.39 is 0 Å². The van der Waals surface area contributed by atoms with Crippen LogP contribution in [-0.4, -0.2) is 27.2 Å². The molecule has 0 unspecified atom stereocenters. The van der Waals surface area contributed by atoms with Crippen molar-refractivity contribution in [1.29, 1.82) is 0 Å². The molecule has 0 fully saturated rings. The smallest absolute Gasteiger partial charge is 0.165 e. The summed E-state index contributed by atoms with van der Waals surface area (Å²) in [4.78, 5) is 17.4. The number of pyridine rings is 1. The van der Waals surface area contributed by atoms with Gasteiger partial charge >= 0.3 is 0 Å². The van der Waals surface area contributed by atoms with E-state index in [4.69, 9.17) is 26.4 Å². The minimum absolute atomic E-state index is 0.0261. The average Bonchev–Trinajstić information content (AvgIpc) is 3.29. The number of benzene rings is 1. The van der Waals surface area contributed by atoms with Crippen molar-refractivity contribution in [2.75, 3.05) is 6.61 Å². The monoisotopic (exact) mass is 547 g/mol. The molecule has 208 valence electrons. The van der Waals surface area contributed by atoms with Gasteiger partial charge in [-0.25, -0.2) is 0 Å². The second kappa shape index (κ2) is 14.3. The fraction of sp³-hybridized carbons (Fsp3) is 0.424. The van der Waals surface area contributed by atoms with Gasteiger partial charge in [0.05, 0.1) is 41.6 Å². The molecule has 39 heavy (non-hydrogen) atoms. The van der Waals surface area contributed by atoms with Crippen LogP contribution in [0.2, 0.25) is 5.02 Å². The summed E-state index contributed by atoms with van der Waals surface area (Å²) in [7, 11) is 0. The lowest BCUT2D eigenvalue weighted by Crippen LogP contribution is -2.32. The highest BCUT2D eigenvalue weighted by molar-refractivity contribution is 6.32. The van der Waals surface area contributed by atoms with Crippen LogP contribution >= 0.6 is 11.6 Å². The highest BCUT2D eigenvalue weighted by Crippen LogP contribution is 2.26. The van der Waals surface area contributed by atoms with Gasteiger partial charge in [-0.15, -0.1) is 0 Å². The van der Waals surface area contributed by atoms with Gasteiger partial charge in [0.25, 0.3) is 0 Å². The van der Waals surface area contributed by atoms with Gasteiger partial charge in [0.15, 0.2) is 5.78 Å². The molecule has 0 amide bonds. The third kappa shape index (κ3) is 7.48. The van der Waals surface area contributed by atoms with Gasteiger partial charge in [0.1, 0.15) is 5.75 Å². The number of allylic oxidation sites excluding steroid dienone is 2. The van der Waals surface area contributed by atoms with E-state index in [1.54, 1.807) is 6.20 Å². The van der Waals surface area contributed by atoms with E-state index in [-0.39, 0.29) is 11.7 Å². The quantitative estimate of drug-likeness (QED) is 0.231. The number of carbonyl (C=O) groups excluding carboxylic acids is 1. The van der Waals surface area contributed by atoms with E-state index >= 15 is 0 Å². The molecule has 3 aromatic rings. The number of hydrogen-bond donors (Lipinski definition) is 0. The average molecular weight is 548 g/mol. The van der Waals surface area contributed by atoms with Crippen molar-refractivity contribution in [3.8, 4) is 5.75 Å². The Morgan fingerprint density at radius 1 is 1.13 bits per heavy atom. The summed E-state index contributed by atoms with van der Waals surface area (Å²) in [6.45, 7) is 15.5. The van der Waals surface area contributed by atoms with Crippen molar-refractivity contribution in [1.82, 2.24) is 14.8 Å². The summed E-state index contributed by atoms with van der Waals surface area (Å²) in [5, 5.41) is 7.39. The summed E-state index contributed by atoms with van der Waals surface area (Å²) in [6.07, 6.45) is 11.7. The van der Waals surface area contributed by atoms with Gasteiger partial charge in [0.2, 0.25) is 0 Å². The maximum atomic E-state index is 12.7. The van der Waals surface area contributed by atoms with Gasteiger partial charge in [-0.3, -0.25) is 14.5 Å². The van der Waals surface area contributed by atoms with Crippen LogP contribution in [0.15, 0.2) is 48.3 Å². The van der Waals surface area contributed by atoms with Gasteiger partial charge in [-0.05, 0) is 44.2 Å². The van der Waals surface area contributed by atoms with E-state index in [0.29, 0.717) is 29.6 Å². The molecule has 2 heterocycles. The Balaban J connectivity index is 2.20. The summed E-state index contributed by atoms with van der Waals surface area (Å²) >= 11 is 6.77. The predicted molar refractivity (Wildman–Crippen MR) is 162 cm³/mol. The number of halogens is 1. The second-order valence-corrected chi connectivity index (χ2v) is 10.6. The molecule has 1 aromatic carbocycles. The van der Waals surface area contributed by atoms with Gasteiger partial charge in [-0.1, -0.05) is 88.6 Å². The van der Waals surface area contributed by atoms with Crippen molar-refractivity contribution >= 4 is 29.0 Å². The maximum Gasteiger partial charge on any atom is 0.165 e. The minimum atomic E-state index is -0.0261. The molecule has 5 nitrogen and oxygen atoms in total. The summed E-state index contributed by atoms with van der Waals surface area (Å²) in [6, 6.07) is 8.00. The van der Waals surface area contributed by atoms with Crippen molar-refractivity contribution in [2.24, 2.45) is 5.92 Å². The van der Waals surface area contributed by atoms with Crippen molar-refractivity contribution < 1.29 is 9.53 Å². The van der Waals surface area contributed by atoms with E-state index in [1.807, 2.05) is 49.8 Å². The molecule has 0 aliphatic carbocycles. The molecular weight excluding hydrogens is 506 g/mol. The van der Waals surface area contributed by atoms with Crippen molar-refractivity contribution in [3.63, 3.8) is 0 Å². The summed E-state index contributed by atoms with van der Waals surface area (Å²) in [5.41, 5.74) is 5.94. The lowest BCUT2D eigenvalue weighted by Gasteiger charge is -2.12. The number of ether oxygens (including phenoxy) is 1. The Labute approximate surface area is 238 Å². The largest absolute Gasteiger partial charge is 0.492 e. The Hall–Kier alpha value is -3.18. The lowest BCUT2D eigenvalue weighted by molar-refractivity contribution is 0.0938. The zero-order valence-corrected chi connectivity index (χ0v) is 25.2. The highest BCUT2D eigenvalue weighted by Gasteiger charge is 2.16. The third-order valence-corrected chi connectivity index (χ3v) is 6.95. The molecule has 6 heteroatoms. The number of carbonyl (C=O) groups is 1. The first-order valence-corrected chi connectivity index (χ1v) is 14.5. The molecule has 3 rings (SSSR count). The molecule has 2 aromatic heterocycles. The van der Waals surface area contributed by atoms with Gasteiger partial charge < -0.3 is 4.74 Å². The Morgan fingerprint density at radius 3 is 2.51 bits per heavy atom. The predicted octanol–water partition coefficient (Wildman–Crippen LogP) is 6.92. The fourth-order valence-electron chi connectivity index (χ4n) is 4.75. The first kappa shape index (κ1) is 30.4. The Bertz CT molecular complexity index is 1450. The first-order chi connectivity index (χ1) is 18.7. The zero-order chi connectivity index (χ0) is 28.5. The number of hydrogen-bond acceptors (Lipinski definition) is 4. The number of aryl methyl sites for hydroxylation is 1. The fourth-order valence-corrected chi connectivity index (χ4v) is 5.01. The minimum Gasteiger partial charge on any atom is -0.492 e. The van der Waals surface area contributed by atoms with Crippen LogP contribution in [0.1, 0.15) is 94.9 Å². The molecule has 0 saturated heterocycles. The Kier molecular flexibility index (Phi) is 11.1. The van der Waals surface area contributed by atoms with Crippen LogP contribution in [0, 0.1) is 5.92 Å². The summed E-state index contributed by atoms with van der Waals surface area (Å²) < 4.78 is 7.65. The maximum absolute atomic E-state index is 12.7. The molecule has 0 saturated carbocycles. The van der Waals surface area contributed by atoms with E-state index in [1.165, 1.54) is 5.57 Å². The van der Waals surface area contributed by atoms with Crippen LogP contribution in [-0.2, 0) is 13.0 Å². The second-order valence-electron chi connectivity index (χ2n) is 10.2. The van der Waals surface area contributed by atoms with Crippen molar-refractivity contribution in [2.45, 2.75) is 80.7 Å². The van der Waals surface area contributed by atoms with Crippen LogP contribution < -0.4 is 15.3 Å². The molecule has 0 aliphatic heterocycles. The number of nitrogens with zero attached hydrogens (tertiary/aromatic N) is 3. The summed E-state index contributed by atoms with van der Waals surface area (Å²) in [5.74, 6) is 0.816. The van der Waals surface area contributed by atoms with E-state index in [0.717, 1.165) is 58.5 Å². The number of rotatable bonds is 12. The van der Waals surface area contributed by atoms with E-state index in [9.17, 15) is 4.79 Å². The molecule has 0 radical (unpaired) electrons. The number of aromatic nitrogens is 3. The topological polar surface area (TPSA) is 57.0 Å². The van der Waals surface area contributed by atoms with Crippen LogP contribution in [0.3, 0.4) is 0 Å². The lowest BCUT2D eigenvalue weighted by atomic mass is 9.93.